The zero-order chi connectivity index (χ0) is 24.7. The number of hydrogen-bond acceptors (Lipinski definition) is 8. The Morgan fingerprint density at radius 3 is 2.51 bits per heavy atom. The van der Waals surface area contributed by atoms with Gasteiger partial charge in [-0.05, 0) is 48.9 Å². The van der Waals surface area contributed by atoms with Crippen molar-refractivity contribution in [1.29, 1.82) is 0 Å². The topological polar surface area (TPSA) is 122 Å². The number of carbonyl (C=O) groups is 1. The van der Waals surface area contributed by atoms with Crippen LogP contribution in [0.4, 0.5) is 27.5 Å². The maximum atomic E-state index is 14.3. The smallest absolute Gasteiger partial charge is 1.00 e. The Bertz CT molecular complexity index is 1350. The van der Waals surface area contributed by atoms with Crippen LogP contribution in [0.1, 0.15) is 20.3 Å². The van der Waals surface area contributed by atoms with Gasteiger partial charge in [0.1, 0.15) is 12.4 Å². The second-order valence-corrected chi connectivity index (χ2v) is 8.67. The molecular weight excluding hydrogens is 500 g/mol. The molecular formula is C23H23FKN5O4S. The van der Waals surface area contributed by atoms with E-state index in [4.69, 9.17) is 11.2 Å². The van der Waals surface area contributed by atoms with Crippen LogP contribution in [0.15, 0.2) is 53.6 Å². The van der Waals surface area contributed by atoms with Crippen LogP contribution < -0.4 is 71.5 Å². The summed E-state index contributed by atoms with van der Waals surface area (Å²) in [7, 11) is -4.06. The van der Waals surface area contributed by atoms with E-state index in [1.807, 2.05) is 4.72 Å². The van der Waals surface area contributed by atoms with Gasteiger partial charge in [-0.2, -0.15) is 4.98 Å². The minimum absolute atomic E-state index is 0. The second-order valence-electron chi connectivity index (χ2n) is 7.02. The van der Waals surface area contributed by atoms with E-state index in [0.29, 0.717) is 22.7 Å². The van der Waals surface area contributed by atoms with Crippen molar-refractivity contribution in [3.8, 4) is 18.1 Å². The maximum Gasteiger partial charge on any atom is 1.00 e. The van der Waals surface area contributed by atoms with Crippen LogP contribution in [-0.2, 0) is 14.8 Å². The van der Waals surface area contributed by atoms with E-state index in [2.05, 4.69) is 26.5 Å². The average Bonchev–Trinajstić information content (AvgIpc) is 2.81. The first-order chi connectivity index (χ1) is 16.2. The summed E-state index contributed by atoms with van der Waals surface area (Å²) in [6.07, 6.45) is 6.17. The minimum Gasteiger partial charge on any atom is -1.00 e. The Labute approximate surface area is 247 Å². The summed E-state index contributed by atoms with van der Waals surface area (Å²) in [5.74, 6) is 1.56. The van der Waals surface area contributed by atoms with Gasteiger partial charge >= 0.3 is 51.4 Å². The first kappa shape index (κ1) is 28.7. The predicted octanol–water partition coefficient (Wildman–Crippen LogP) is 0.755. The molecule has 12 heteroatoms. The summed E-state index contributed by atoms with van der Waals surface area (Å²) in [4.78, 5) is 19.5. The molecule has 3 aromatic rings. The Balaban J connectivity index is 0.00000324. The summed E-state index contributed by atoms with van der Waals surface area (Å²) < 4.78 is 46.7. The number of benzene rings is 2. The minimum atomic E-state index is -4.06. The molecule has 0 saturated heterocycles. The van der Waals surface area contributed by atoms with E-state index < -0.39 is 21.7 Å². The van der Waals surface area contributed by atoms with Crippen LogP contribution in [0, 0.1) is 25.1 Å². The summed E-state index contributed by atoms with van der Waals surface area (Å²) in [6, 6.07) is 11.2. The second kappa shape index (κ2) is 13.0. The fraction of sp³-hybridized carbons (Fsp3) is 0.174. The molecule has 0 aliphatic rings. The zero-order valence-corrected chi connectivity index (χ0v) is 23.4. The Hall–Kier alpha value is -2.53. The van der Waals surface area contributed by atoms with Gasteiger partial charge in [0.25, 0.3) is 10.0 Å². The van der Waals surface area contributed by atoms with Gasteiger partial charge < -0.3 is 16.8 Å². The van der Waals surface area contributed by atoms with Crippen molar-refractivity contribution in [3.05, 3.63) is 60.0 Å². The summed E-state index contributed by atoms with van der Waals surface area (Å²) >= 11 is 0. The average molecular weight is 524 g/mol. The SMILES string of the molecule is C#CCOc1ccc(Nc2nc(Nc3ccc(C)c(S(=O)(=O)NC(=O)CC)c3)ncc2F)cc1.[H-].[K+]. The van der Waals surface area contributed by atoms with E-state index in [-0.39, 0.29) is 82.5 Å². The number of ether oxygens (including phenoxy) is 1. The number of nitrogens with one attached hydrogen (secondary N) is 3. The van der Waals surface area contributed by atoms with Gasteiger partial charge in [0.05, 0.1) is 11.1 Å². The van der Waals surface area contributed by atoms with Crippen LogP contribution >= 0.6 is 0 Å². The van der Waals surface area contributed by atoms with E-state index in [9.17, 15) is 17.6 Å². The summed E-state index contributed by atoms with van der Waals surface area (Å²) in [5.41, 5.74) is 1.33. The number of nitrogens with zero attached hydrogens (tertiary/aromatic N) is 2. The number of sulfonamides is 1. The fourth-order valence-electron chi connectivity index (χ4n) is 2.78. The molecule has 0 unspecified atom stereocenters. The number of anilines is 4. The predicted molar refractivity (Wildman–Crippen MR) is 127 cm³/mol. The molecule has 0 radical (unpaired) electrons. The van der Waals surface area contributed by atoms with Crippen LogP contribution in [0.2, 0.25) is 0 Å². The monoisotopic (exact) mass is 523 g/mol. The van der Waals surface area contributed by atoms with Gasteiger partial charge in [0, 0.05) is 17.8 Å². The normalized spacial score (nSPS) is 10.5. The van der Waals surface area contributed by atoms with E-state index in [1.54, 1.807) is 50.2 Å². The third kappa shape index (κ3) is 7.99. The molecule has 0 spiro atoms. The molecule has 35 heavy (non-hydrogen) atoms. The summed E-state index contributed by atoms with van der Waals surface area (Å²) in [6.45, 7) is 3.29. The van der Waals surface area contributed by atoms with Crippen LogP contribution in [-0.4, -0.2) is 30.9 Å². The summed E-state index contributed by atoms with van der Waals surface area (Å²) in [5, 5.41) is 5.70. The van der Waals surface area contributed by atoms with Gasteiger partial charge in [-0.3, -0.25) is 4.79 Å². The van der Waals surface area contributed by atoms with Crippen molar-refractivity contribution < 1.29 is 75.2 Å². The molecule has 0 aliphatic carbocycles. The van der Waals surface area contributed by atoms with Gasteiger partial charge in [-0.25, -0.2) is 22.5 Å². The zero-order valence-electron chi connectivity index (χ0n) is 20.4. The third-order valence-corrected chi connectivity index (χ3v) is 6.00. The number of hydrogen-bond donors (Lipinski definition) is 3. The molecule has 2 aromatic carbocycles. The van der Waals surface area contributed by atoms with Crippen LogP contribution in [0.25, 0.3) is 0 Å². The fourth-order valence-corrected chi connectivity index (χ4v) is 4.11. The first-order valence-electron chi connectivity index (χ1n) is 10.1. The Kier molecular flexibility index (Phi) is 10.6. The molecule has 9 nitrogen and oxygen atoms in total. The molecule has 3 rings (SSSR count). The number of amides is 1. The van der Waals surface area contributed by atoms with Crippen LogP contribution in [0.5, 0.6) is 5.75 Å². The van der Waals surface area contributed by atoms with Crippen molar-refractivity contribution in [2.24, 2.45) is 0 Å². The quantitative estimate of drug-likeness (QED) is 0.278. The Morgan fingerprint density at radius 1 is 1.17 bits per heavy atom. The molecule has 1 aromatic heterocycles. The van der Waals surface area contributed by atoms with E-state index >= 15 is 0 Å². The first-order valence-corrected chi connectivity index (χ1v) is 11.6. The number of aryl methyl sites for hydroxylation is 1. The molecule has 0 atom stereocenters. The van der Waals surface area contributed by atoms with Crippen molar-refractivity contribution in [3.63, 3.8) is 0 Å². The number of terminal acetylenes is 1. The Morgan fingerprint density at radius 2 is 1.86 bits per heavy atom. The van der Waals surface area contributed by atoms with Gasteiger partial charge in [0.2, 0.25) is 11.9 Å². The van der Waals surface area contributed by atoms with Gasteiger partial charge in [0.15, 0.2) is 11.6 Å². The van der Waals surface area contributed by atoms with Crippen molar-refractivity contribution >= 4 is 39.1 Å². The molecule has 1 heterocycles. The van der Waals surface area contributed by atoms with Crippen LogP contribution in [0.3, 0.4) is 0 Å². The molecule has 0 fully saturated rings. The molecule has 0 aliphatic heterocycles. The van der Waals surface area contributed by atoms with Crippen molar-refractivity contribution in [1.82, 2.24) is 14.7 Å². The largest absolute Gasteiger partial charge is 1.00 e. The molecule has 0 bridgehead atoms. The number of halogens is 1. The third-order valence-electron chi connectivity index (χ3n) is 4.49. The van der Waals surface area contributed by atoms with Gasteiger partial charge in [-0.1, -0.05) is 18.9 Å². The molecule has 3 N–H and O–H groups in total. The van der Waals surface area contributed by atoms with E-state index in [0.717, 1.165) is 6.20 Å². The van der Waals surface area contributed by atoms with E-state index in [1.165, 1.54) is 6.07 Å². The van der Waals surface area contributed by atoms with Crippen molar-refractivity contribution in [2.45, 2.75) is 25.2 Å². The van der Waals surface area contributed by atoms with Gasteiger partial charge in [-0.15, -0.1) is 6.42 Å². The molecule has 178 valence electrons. The number of carbonyl (C=O) groups excluding carboxylic acids is 1. The maximum absolute atomic E-state index is 14.3. The standard InChI is InChI=1S/C23H22FN5O4S.K.H/c1-4-12-33-18-10-8-16(9-11-18)26-22-19(24)14-25-23(28-22)27-17-7-6-15(3)20(13-17)34(31,32)29-21(30)5-2;;/h1,6-11,13-14H,5,12H2,2-3H3,(H,29,30)(H2,25,26,27,28);;/q;+1;-1. The molecule has 1 amide bonds. The number of rotatable bonds is 9. The van der Waals surface area contributed by atoms with Crippen molar-refractivity contribution in [2.75, 3.05) is 17.2 Å². The number of aromatic nitrogens is 2. The molecule has 0 saturated carbocycles.